The number of rotatable bonds is 9. The van der Waals surface area contributed by atoms with Crippen LogP contribution in [0.15, 0.2) is 36.4 Å². The minimum Gasteiger partial charge on any atom is -0.493 e. The summed E-state index contributed by atoms with van der Waals surface area (Å²) >= 11 is 0. The molecule has 2 aromatic rings. The van der Waals surface area contributed by atoms with Crippen molar-refractivity contribution in [1.29, 1.82) is 0 Å². The van der Waals surface area contributed by atoms with Crippen LogP contribution in [-0.2, 0) is 25.8 Å². The summed E-state index contributed by atoms with van der Waals surface area (Å²) in [6, 6.07) is 9.83. The van der Waals surface area contributed by atoms with Crippen molar-refractivity contribution >= 4 is 29.4 Å². The van der Waals surface area contributed by atoms with Crippen LogP contribution in [0.2, 0.25) is 0 Å². The molecule has 1 saturated carbocycles. The third kappa shape index (κ3) is 5.42. The van der Waals surface area contributed by atoms with Crippen LogP contribution in [0.3, 0.4) is 0 Å². The lowest BCUT2D eigenvalue weighted by Crippen LogP contribution is -2.35. The van der Waals surface area contributed by atoms with Crippen LogP contribution in [0.5, 0.6) is 11.5 Å². The molecule has 10 heteroatoms. The van der Waals surface area contributed by atoms with E-state index >= 15 is 0 Å². The van der Waals surface area contributed by atoms with Gasteiger partial charge in [-0.25, -0.2) is 0 Å². The van der Waals surface area contributed by atoms with E-state index in [1.165, 1.54) is 14.0 Å². The minimum atomic E-state index is -0.711. The largest absolute Gasteiger partial charge is 0.493 e. The molecule has 2 aromatic carbocycles. The fraction of sp³-hybridized carbons (Fsp3) is 0.385. The molecule has 3 amide bonds. The molecule has 190 valence electrons. The Bertz CT molecular complexity index is 1190. The summed E-state index contributed by atoms with van der Waals surface area (Å²) in [6.07, 6.45) is 1.52. The molecule has 0 spiro atoms. The summed E-state index contributed by atoms with van der Waals surface area (Å²) in [6.45, 7) is 3.65. The SMILES string of the molecule is CCOc1cc([C@H](CC(=O)NOC(C)=O)N2Cc3cccc(NC(=O)C4CC4)c3C2=O)ccc1OC. The van der Waals surface area contributed by atoms with Gasteiger partial charge >= 0.3 is 5.97 Å². The van der Waals surface area contributed by atoms with E-state index in [1.54, 1.807) is 35.2 Å². The van der Waals surface area contributed by atoms with Gasteiger partial charge in [-0.3, -0.25) is 19.2 Å². The minimum absolute atomic E-state index is 0.0116. The quantitative estimate of drug-likeness (QED) is 0.513. The Morgan fingerprint density at radius 1 is 1.14 bits per heavy atom. The molecular formula is C26H29N3O7. The number of methoxy groups -OCH3 is 1. The van der Waals surface area contributed by atoms with E-state index in [9.17, 15) is 19.2 Å². The molecule has 1 aliphatic heterocycles. The standard InChI is InChI=1S/C26H29N3O7/c1-4-35-22-12-17(10-11-21(22)34-3)20(13-23(31)28-36-15(2)30)29-14-18-6-5-7-19(24(18)26(29)33)27-25(32)16-8-9-16/h5-7,10-12,16,20H,4,8-9,13-14H2,1-3H3,(H,27,32)(H,28,31)/t20-/m0/s1. The van der Waals surface area contributed by atoms with E-state index in [-0.39, 0.29) is 30.7 Å². The first kappa shape index (κ1) is 25.0. The fourth-order valence-electron chi connectivity index (χ4n) is 4.24. The number of benzene rings is 2. The second kappa shape index (κ2) is 10.7. The summed E-state index contributed by atoms with van der Waals surface area (Å²) in [4.78, 5) is 56.1. The summed E-state index contributed by atoms with van der Waals surface area (Å²) in [5.41, 5.74) is 4.39. The lowest BCUT2D eigenvalue weighted by atomic mass is 10.0. The van der Waals surface area contributed by atoms with Crippen LogP contribution in [0.1, 0.15) is 60.6 Å². The predicted octanol–water partition coefficient (Wildman–Crippen LogP) is 3.12. The number of carbonyl (C=O) groups excluding carboxylic acids is 4. The number of carbonyl (C=O) groups is 4. The van der Waals surface area contributed by atoms with E-state index in [0.29, 0.717) is 34.9 Å². The Morgan fingerprint density at radius 3 is 2.58 bits per heavy atom. The van der Waals surface area contributed by atoms with Gasteiger partial charge in [-0.2, -0.15) is 5.48 Å². The number of hydrogen-bond acceptors (Lipinski definition) is 7. The van der Waals surface area contributed by atoms with Crippen molar-refractivity contribution in [3.63, 3.8) is 0 Å². The molecule has 1 heterocycles. The normalized spacial score (nSPS) is 15.1. The second-order valence-corrected chi connectivity index (χ2v) is 8.72. The zero-order valence-corrected chi connectivity index (χ0v) is 20.5. The van der Waals surface area contributed by atoms with Crippen molar-refractivity contribution < 1.29 is 33.5 Å². The Labute approximate surface area is 208 Å². The lowest BCUT2D eigenvalue weighted by molar-refractivity contribution is -0.156. The predicted molar refractivity (Wildman–Crippen MR) is 129 cm³/mol. The van der Waals surface area contributed by atoms with E-state index in [1.807, 2.05) is 13.0 Å². The van der Waals surface area contributed by atoms with Gasteiger partial charge in [-0.1, -0.05) is 18.2 Å². The molecule has 0 radical (unpaired) electrons. The molecule has 0 aromatic heterocycles. The highest BCUT2D eigenvalue weighted by atomic mass is 16.7. The molecule has 36 heavy (non-hydrogen) atoms. The first-order chi connectivity index (χ1) is 17.3. The maximum absolute atomic E-state index is 13.7. The van der Waals surface area contributed by atoms with E-state index in [4.69, 9.17) is 9.47 Å². The summed E-state index contributed by atoms with van der Waals surface area (Å²) < 4.78 is 11.1. The van der Waals surface area contributed by atoms with Gasteiger partial charge in [0.05, 0.1) is 37.4 Å². The van der Waals surface area contributed by atoms with Gasteiger partial charge in [0.25, 0.3) is 11.8 Å². The zero-order valence-electron chi connectivity index (χ0n) is 20.5. The van der Waals surface area contributed by atoms with Crippen LogP contribution < -0.4 is 20.3 Å². The number of amides is 3. The van der Waals surface area contributed by atoms with Crippen LogP contribution in [0.25, 0.3) is 0 Å². The average Bonchev–Trinajstić information content (AvgIpc) is 3.65. The van der Waals surface area contributed by atoms with Gasteiger partial charge in [0.1, 0.15) is 0 Å². The van der Waals surface area contributed by atoms with Gasteiger partial charge in [0.2, 0.25) is 5.91 Å². The van der Waals surface area contributed by atoms with Crippen molar-refractivity contribution in [1.82, 2.24) is 10.4 Å². The van der Waals surface area contributed by atoms with Crippen molar-refractivity contribution in [2.45, 2.75) is 45.7 Å². The van der Waals surface area contributed by atoms with Gasteiger partial charge in [0.15, 0.2) is 11.5 Å². The highest BCUT2D eigenvalue weighted by Gasteiger charge is 2.38. The number of nitrogens with zero attached hydrogens (tertiary/aromatic N) is 1. The van der Waals surface area contributed by atoms with Crippen molar-refractivity contribution in [2.75, 3.05) is 19.0 Å². The Balaban J connectivity index is 1.66. The van der Waals surface area contributed by atoms with Crippen LogP contribution in [-0.4, -0.2) is 42.3 Å². The molecular weight excluding hydrogens is 466 g/mol. The number of anilines is 1. The molecule has 0 unspecified atom stereocenters. The molecule has 4 rings (SSSR count). The number of ether oxygens (including phenoxy) is 2. The van der Waals surface area contributed by atoms with Crippen molar-refractivity contribution in [3.8, 4) is 11.5 Å². The summed E-state index contributed by atoms with van der Waals surface area (Å²) in [7, 11) is 1.53. The zero-order chi connectivity index (χ0) is 25.8. The maximum Gasteiger partial charge on any atom is 0.329 e. The third-order valence-corrected chi connectivity index (χ3v) is 6.11. The van der Waals surface area contributed by atoms with Crippen LogP contribution >= 0.6 is 0 Å². The second-order valence-electron chi connectivity index (χ2n) is 8.72. The first-order valence-electron chi connectivity index (χ1n) is 11.8. The first-order valence-corrected chi connectivity index (χ1v) is 11.8. The highest BCUT2D eigenvalue weighted by molar-refractivity contribution is 6.07. The monoisotopic (exact) mass is 495 g/mol. The Morgan fingerprint density at radius 2 is 1.92 bits per heavy atom. The number of fused-ring (bicyclic) bond motifs is 1. The number of nitrogens with one attached hydrogen (secondary N) is 2. The molecule has 0 saturated heterocycles. The van der Waals surface area contributed by atoms with Crippen molar-refractivity contribution in [2.24, 2.45) is 5.92 Å². The smallest absolute Gasteiger partial charge is 0.329 e. The fourth-order valence-corrected chi connectivity index (χ4v) is 4.24. The van der Waals surface area contributed by atoms with Gasteiger partial charge < -0.3 is 24.5 Å². The Hall–Kier alpha value is -4.08. The number of hydrogen-bond donors (Lipinski definition) is 2. The van der Waals surface area contributed by atoms with E-state index in [2.05, 4.69) is 15.6 Å². The summed E-state index contributed by atoms with van der Waals surface area (Å²) in [5.74, 6) is -0.658. The Kier molecular flexibility index (Phi) is 7.42. The summed E-state index contributed by atoms with van der Waals surface area (Å²) in [5, 5.41) is 2.89. The lowest BCUT2D eigenvalue weighted by Gasteiger charge is -2.28. The van der Waals surface area contributed by atoms with Crippen LogP contribution in [0, 0.1) is 5.92 Å². The van der Waals surface area contributed by atoms with Crippen molar-refractivity contribution in [3.05, 3.63) is 53.1 Å². The molecule has 1 fully saturated rings. The molecule has 10 nitrogen and oxygen atoms in total. The molecule has 1 aliphatic carbocycles. The van der Waals surface area contributed by atoms with Gasteiger partial charge in [0, 0.05) is 19.4 Å². The maximum atomic E-state index is 13.7. The molecule has 2 aliphatic rings. The molecule has 1 atom stereocenters. The molecule has 2 N–H and O–H groups in total. The highest BCUT2D eigenvalue weighted by Crippen LogP contribution is 2.40. The molecule has 0 bridgehead atoms. The van der Waals surface area contributed by atoms with E-state index in [0.717, 1.165) is 18.4 Å². The average molecular weight is 496 g/mol. The van der Waals surface area contributed by atoms with Crippen LogP contribution in [0.4, 0.5) is 5.69 Å². The van der Waals surface area contributed by atoms with E-state index < -0.39 is 17.9 Å². The van der Waals surface area contributed by atoms with Gasteiger partial charge in [-0.15, -0.1) is 0 Å². The third-order valence-electron chi connectivity index (χ3n) is 6.11. The topological polar surface area (TPSA) is 123 Å². The number of hydroxylamine groups is 1. The van der Waals surface area contributed by atoms with Gasteiger partial charge in [-0.05, 0) is 49.1 Å².